The van der Waals surface area contributed by atoms with Crippen molar-refractivity contribution >= 4 is 23.1 Å². The molecule has 0 saturated carbocycles. The predicted octanol–water partition coefficient (Wildman–Crippen LogP) is 1.69. The molecule has 20 heavy (non-hydrogen) atoms. The summed E-state index contributed by atoms with van der Waals surface area (Å²) in [5, 5.41) is 6.14. The Labute approximate surface area is 119 Å². The van der Waals surface area contributed by atoms with Crippen LogP contribution in [0.15, 0.2) is 28.8 Å². The molecule has 5 nitrogen and oxygen atoms in total. The molecule has 1 heterocycles. The third-order valence-corrected chi connectivity index (χ3v) is 2.86. The molecule has 3 N–H and O–H groups in total. The van der Waals surface area contributed by atoms with E-state index < -0.39 is 11.7 Å². The number of amides is 1. The molecular formula is C13H12FN3O2S. The van der Waals surface area contributed by atoms with Gasteiger partial charge in [-0.2, -0.15) is 0 Å². The number of nitrogens with one attached hydrogen (secondary N) is 1. The SMILES string of the molecule is Cc1cc(C(=O)NCc2ccc(C(N)=S)cc2F)on1. The number of benzene rings is 1. The van der Waals surface area contributed by atoms with Crippen LogP contribution in [0.5, 0.6) is 0 Å². The molecule has 0 bridgehead atoms. The molecule has 0 aliphatic carbocycles. The molecule has 1 aromatic heterocycles. The van der Waals surface area contributed by atoms with E-state index in [2.05, 4.69) is 10.5 Å². The van der Waals surface area contributed by atoms with Crippen LogP contribution in [0.25, 0.3) is 0 Å². The van der Waals surface area contributed by atoms with Crippen molar-refractivity contribution in [2.75, 3.05) is 0 Å². The van der Waals surface area contributed by atoms with E-state index >= 15 is 0 Å². The first-order valence-electron chi connectivity index (χ1n) is 5.77. The molecule has 0 saturated heterocycles. The summed E-state index contributed by atoms with van der Waals surface area (Å²) in [5.41, 5.74) is 6.78. The van der Waals surface area contributed by atoms with Crippen LogP contribution in [0.1, 0.15) is 27.4 Å². The summed E-state index contributed by atoms with van der Waals surface area (Å²) in [7, 11) is 0. The van der Waals surface area contributed by atoms with Crippen molar-refractivity contribution < 1.29 is 13.7 Å². The van der Waals surface area contributed by atoms with E-state index in [-0.39, 0.29) is 17.3 Å². The molecule has 0 unspecified atom stereocenters. The van der Waals surface area contributed by atoms with Gasteiger partial charge in [-0.25, -0.2) is 4.39 Å². The quantitative estimate of drug-likeness (QED) is 0.838. The van der Waals surface area contributed by atoms with E-state index in [0.717, 1.165) is 0 Å². The molecule has 2 rings (SSSR count). The zero-order chi connectivity index (χ0) is 14.7. The minimum absolute atomic E-state index is 0.0298. The number of hydrogen-bond donors (Lipinski definition) is 2. The Hall–Kier alpha value is -2.28. The van der Waals surface area contributed by atoms with Gasteiger partial charge in [-0.3, -0.25) is 4.79 Å². The number of carbonyl (C=O) groups is 1. The molecule has 1 amide bonds. The predicted molar refractivity (Wildman–Crippen MR) is 74.7 cm³/mol. The Kier molecular flexibility index (Phi) is 4.09. The fraction of sp³-hybridized carbons (Fsp3) is 0.154. The number of carbonyl (C=O) groups excluding carboxylic acids is 1. The van der Waals surface area contributed by atoms with E-state index in [4.69, 9.17) is 22.5 Å². The maximum Gasteiger partial charge on any atom is 0.290 e. The molecule has 0 aliphatic rings. The lowest BCUT2D eigenvalue weighted by molar-refractivity contribution is 0.0913. The second kappa shape index (κ2) is 5.79. The van der Waals surface area contributed by atoms with Gasteiger partial charge in [-0.15, -0.1) is 0 Å². The zero-order valence-electron chi connectivity index (χ0n) is 10.6. The van der Waals surface area contributed by atoms with Crippen LogP contribution in [0.4, 0.5) is 4.39 Å². The summed E-state index contributed by atoms with van der Waals surface area (Å²) >= 11 is 4.76. The fourth-order valence-corrected chi connectivity index (χ4v) is 1.70. The van der Waals surface area contributed by atoms with Crippen molar-refractivity contribution in [3.63, 3.8) is 0 Å². The fourth-order valence-electron chi connectivity index (χ4n) is 1.58. The second-order valence-corrected chi connectivity index (χ2v) is 4.63. The number of nitrogens with two attached hydrogens (primary N) is 1. The first kappa shape index (κ1) is 14.1. The largest absolute Gasteiger partial charge is 0.389 e. The number of halogens is 1. The smallest absolute Gasteiger partial charge is 0.290 e. The van der Waals surface area contributed by atoms with Crippen LogP contribution in [0, 0.1) is 12.7 Å². The molecule has 1 aromatic carbocycles. The maximum atomic E-state index is 13.8. The van der Waals surface area contributed by atoms with Gasteiger partial charge in [0.15, 0.2) is 0 Å². The Morgan fingerprint density at radius 2 is 2.25 bits per heavy atom. The van der Waals surface area contributed by atoms with Gasteiger partial charge in [0, 0.05) is 23.7 Å². The number of thiocarbonyl (C=S) groups is 1. The van der Waals surface area contributed by atoms with Crippen LogP contribution in [-0.4, -0.2) is 16.1 Å². The number of hydrogen-bond acceptors (Lipinski definition) is 4. The number of nitrogens with zero attached hydrogens (tertiary/aromatic N) is 1. The van der Waals surface area contributed by atoms with Crippen LogP contribution in [0.2, 0.25) is 0 Å². The van der Waals surface area contributed by atoms with Crippen molar-refractivity contribution in [2.45, 2.75) is 13.5 Å². The molecule has 2 aromatic rings. The molecule has 0 spiro atoms. The van der Waals surface area contributed by atoms with E-state index in [9.17, 15) is 9.18 Å². The molecule has 7 heteroatoms. The summed E-state index contributed by atoms with van der Waals surface area (Å²) in [6, 6.07) is 5.87. The highest BCUT2D eigenvalue weighted by atomic mass is 32.1. The third-order valence-electron chi connectivity index (χ3n) is 2.63. The Morgan fingerprint density at radius 1 is 1.50 bits per heavy atom. The highest BCUT2D eigenvalue weighted by molar-refractivity contribution is 7.80. The van der Waals surface area contributed by atoms with Gasteiger partial charge in [0.25, 0.3) is 5.91 Å². The summed E-state index contributed by atoms with van der Waals surface area (Å²) in [6.45, 7) is 1.73. The van der Waals surface area contributed by atoms with Gasteiger partial charge < -0.3 is 15.6 Å². The van der Waals surface area contributed by atoms with Gasteiger partial charge in [0.05, 0.1) is 5.69 Å². The summed E-state index contributed by atoms with van der Waals surface area (Å²) in [4.78, 5) is 11.8. The number of rotatable bonds is 4. The Bertz CT molecular complexity index is 669. The topological polar surface area (TPSA) is 81.2 Å². The maximum absolute atomic E-state index is 13.8. The first-order valence-corrected chi connectivity index (χ1v) is 6.18. The molecule has 0 radical (unpaired) electrons. The minimum Gasteiger partial charge on any atom is -0.389 e. The number of aryl methyl sites for hydroxylation is 1. The lowest BCUT2D eigenvalue weighted by atomic mass is 10.1. The molecule has 0 atom stereocenters. The molecule has 104 valence electrons. The zero-order valence-corrected chi connectivity index (χ0v) is 11.5. The Balaban J connectivity index is 2.04. The highest BCUT2D eigenvalue weighted by Gasteiger charge is 2.12. The van der Waals surface area contributed by atoms with Crippen molar-refractivity contribution in [3.8, 4) is 0 Å². The van der Waals surface area contributed by atoms with Crippen LogP contribution in [0.3, 0.4) is 0 Å². The van der Waals surface area contributed by atoms with Crippen molar-refractivity contribution in [2.24, 2.45) is 5.73 Å². The first-order chi connectivity index (χ1) is 9.47. The lowest BCUT2D eigenvalue weighted by Crippen LogP contribution is -2.23. The van der Waals surface area contributed by atoms with Crippen LogP contribution < -0.4 is 11.1 Å². The van der Waals surface area contributed by atoms with Gasteiger partial charge in [-0.05, 0) is 13.0 Å². The van der Waals surface area contributed by atoms with Gasteiger partial charge in [0.2, 0.25) is 5.76 Å². The molecule has 0 fully saturated rings. The summed E-state index contributed by atoms with van der Waals surface area (Å²) in [5.74, 6) is -0.851. The van der Waals surface area contributed by atoms with E-state index in [1.807, 2.05) is 0 Å². The van der Waals surface area contributed by atoms with Gasteiger partial charge in [0.1, 0.15) is 10.8 Å². The minimum atomic E-state index is -0.482. The monoisotopic (exact) mass is 293 g/mol. The standard InChI is InChI=1S/C13H12FN3O2S/c1-7-4-11(19-17-7)13(18)16-6-9-3-2-8(12(15)20)5-10(9)14/h2-5H,6H2,1H3,(H2,15,20)(H,16,18). The Morgan fingerprint density at radius 3 is 2.80 bits per heavy atom. The van der Waals surface area contributed by atoms with Gasteiger partial charge in [-0.1, -0.05) is 29.5 Å². The van der Waals surface area contributed by atoms with Crippen molar-refractivity contribution in [1.82, 2.24) is 10.5 Å². The average Bonchev–Trinajstić information content (AvgIpc) is 2.83. The van der Waals surface area contributed by atoms with E-state index in [0.29, 0.717) is 16.8 Å². The van der Waals surface area contributed by atoms with Crippen molar-refractivity contribution in [1.29, 1.82) is 0 Å². The average molecular weight is 293 g/mol. The third kappa shape index (κ3) is 3.18. The second-order valence-electron chi connectivity index (χ2n) is 4.19. The van der Waals surface area contributed by atoms with Crippen LogP contribution in [-0.2, 0) is 6.54 Å². The van der Waals surface area contributed by atoms with Gasteiger partial charge >= 0.3 is 0 Å². The van der Waals surface area contributed by atoms with Crippen molar-refractivity contribution in [3.05, 3.63) is 52.7 Å². The van der Waals surface area contributed by atoms with E-state index in [1.165, 1.54) is 18.2 Å². The van der Waals surface area contributed by atoms with Crippen LogP contribution >= 0.6 is 12.2 Å². The molecule has 0 aliphatic heterocycles. The normalized spacial score (nSPS) is 10.3. The summed E-state index contributed by atoms with van der Waals surface area (Å²) in [6.07, 6.45) is 0. The summed E-state index contributed by atoms with van der Waals surface area (Å²) < 4.78 is 18.6. The molecular weight excluding hydrogens is 281 g/mol. The van der Waals surface area contributed by atoms with E-state index in [1.54, 1.807) is 13.0 Å². The lowest BCUT2D eigenvalue weighted by Gasteiger charge is -2.06. The highest BCUT2D eigenvalue weighted by Crippen LogP contribution is 2.11. The number of aromatic nitrogens is 1.